The summed E-state index contributed by atoms with van der Waals surface area (Å²) in [5.41, 5.74) is 1.23. The SMILES string of the molecule is O=C(c1ccccc1)c1ccc([S+](c2ccc(F)cc2)c2ccc(F)cc2)cc1. The van der Waals surface area contributed by atoms with Crippen LogP contribution in [0.15, 0.2) is 118 Å². The second-order valence-corrected chi connectivity index (χ2v) is 8.46. The van der Waals surface area contributed by atoms with Gasteiger partial charge in [0, 0.05) is 11.1 Å². The first kappa shape index (κ1) is 19.1. The Balaban J connectivity index is 1.72. The highest BCUT2D eigenvalue weighted by Gasteiger charge is 2.29. The van der Waals surface area contributed by atoms with E-state index in [1.54, 1.807) is 48.5 Å². The molecule has 0 amide bonds. The number of carbonyl (C=O) groups is 1. The van der Waals surface area contributed by atoms with Gasteiger partial charge in [0.25, 0.3) is 0 Å². The van der Waals surface area contributed by atoms with E-state index >= 15 is 0 Å². The maximum atomic E-state index is 13.4. The molecule has 0 aliphatic heterocycles. The van der Waals surface area contributed by atoms with E-state index in [4.69, 9.17) is 0 Å². The first-order valence-electron chi connectivity index (χ1n) is 9.07. The average Bonchev–Trinajstić information content (AvgIpc) is 2.77. The summed E-state index contributed by atoms with van der Waals surface area (Å²) in [6.07, 6.45) is 0. The minimum atomic E-state index is -0.542. The number of ketones is 1. The van der Waals surface area contributed by atoms with Gasteiger partial charge in [-0.3, -0.25) is 4.79 Å². The molecule has 0 saturated heterocycles. The number of hydrogen-bond acceptors (Lipinski definition) is 1. The minimum Gasteiger partial charge on any atom is -0.289 e. The lowest BCUT2D eigenvalue weighted by atomic mass is 10.0. The predicted octanol–water partition coefficient (Wildman–Crippen LogP) is 6.29. The van der Waals surface area contributed by atoms with Gasteiger partial charge in [0.2, 0.25) is 0 Å². The smallest absolute Gasteiger partial charge is 0.193 e. The fraction of sp³-hybridized carbons (Fsp3) is 0. The Kier molecular flexibility index (Phi) is 5.54. The van der Waals surface area contributed by atoms with Crippen molar-refractivity contribution in [1.29, 1.82) is 0 Å². The van der Waals surface area contributed by atoms with Crippen LogP contribution in [-0.4, -0.2) is 5.78 Å². The first-order valence-corrected chi connectivity index (χ1v) is 10.3. The summed E-state index contributed by atoms with van der Waals surface area (Å²) in [6.45, 7) is 0. The molecule has 0 aliphatic carbocycles. The lowest BCUT2D eigenvalue weighted by molar-refractivity contribution is 0.103. The zero-order chi connectivity index (χ0) is 20.2. The lowest BCUT2D eigenvalue weighted by Crippen LogP contribution is -2.06. The predicted molar refractivity (Wildman–Crippen MR) is 111 cm³/mol. The number of rotatable bonds is 5. The van der Waals surface area contributed by atoms with Gasteiger partial charge in [-0.2, -0.15) is 0 Å². The third-order valence-corrected chi connectivity index (χ3v) is 6.72. The minimum absolute atomic E-state index is 0.0411. The molecule has 4 rings (SSSR count). The molecule has 0 aliphatic rings. The molecule has 0 heterocycles. The Bertz CT molecular complexity index is 1060. The van der Waals surface area contributed by atoms with Crippen LogP contribution in [0.25, 0.3) is 0 Å². The maximum Gasteiger partial charge on any atom is 0.193 e. The van der Waals surface area contributed by atoms with Crippen LogP contribution in [-0.2, 0) is 10.9 Å². The van der Waals surface area contributed by atoms with Crippen LogP contribution in [0.2, 0.25) is 0 Å². The summed E-state index contributed by atoms with van der Waals surface area (Å²) in [5, 5.41) is 0. The number of carbonyl (C=O) groups excluding carboxylic acids is 1. The zero-order valence-corrected chi connectivity index (χ0v) is 16.2. The normalized spacial score (nSPS) is 10.9. The van der Waals surface area contributed by atoms with Crippen LogP contribution < -0.4 is 0 Å². The Morgan fingerprint density at radius 2 is 0.897 bits per heavy atom. The van der Waals surface area contributed by atoms with E-state index in [0.717, 1.165) is 14.7 Å². The van der Waals surface area contributed by atoms with Gasteiger partial charge in [-0.05, 0) is 72.8 Å². The van der Waals surface area contributed by atoms with Crippen molar-refractivity contribution in [3.05, 3.63) is 126 Å². The van der Waals surface area contributed by atoms with Gasteiger partial charge in [0.05, 0.1) is 10.9 Å². The van der Waals surface area contributed by atoms with E-state index in [2.05, 4.69) is 0 Å². The molecule has 0 saturated carbocycles. The van der Waals surface area contributed by atoms with Crippen molar-refractivity contribution < 1.29 is 13.6 Å². The summed E-state index contributed by atoms with van der Waals surface area (Å²) in [4.78, 5) is 15.5. The van der Waals surface area contributed by atoms with Crippen molar-refractivity contribution in [3.63, 3.8) is 0 Å². The molecule has 0 N–H and O–H groups in total. The molecule has 4 aromatic carbocycles. The maximum absolute atomic E-state index is 13.4. The zero-order valence-electron chi connectivity index (χ0n) is 15.4. The molecule has 0 radical (unpaired) electrons. The first-order chi connectivity index (χ1) is 14.1. The molecule has 4 aromatic rings. The largest absolute Gasteiger partial charge is 0.289 e. The van der Waals surface area contributed by atoms with Crippen molar-refractivity contribution in [2.24, 2.45) is 0 Å². The molecule has 0 bridgehead atoms. The topological polar surface area (TPSA) is 17.1 Å². The highest BCUT2D eigenvalue weighted by molar-refractivity contribution is 7.97. The Hall–Kier alpha value is -3.24. The van der Waals surface area contributed by atoms with Crippen LogP contribution in [0, 0.1) is 11.6 Å². The van der Waals surface area contributed by atoms with Crippen LogP contribution in [0.5, 0.6) is 0 Å². The van der Waals surface area contributed by atoms with Gasteiger partial charge in [-0.15, -0.1) is 0 Å². The summed E-state index contributed by atoms with van der Waals surface area (Å²) >= 11 is 0. The Labute approximate surface area is 171 Å². The van der Waals surface area contributed by atoms with Gasteiger partial charge in [-0.1, -0.05) is 30.3 Å². The lowest BCUT2D eigenvalue weighted by Gasteiger charge is -2.09. The highest BCUT2D eigenvalue weighted by Crippen LogP contribution is 2.31. The van der Waals surface area contributed by atoms with Gasteiger partial charge < -0.3 is 0 Å². The van der Waals surface area contributed by atoms with Crippen molar-refractivity contribution in [1.82, 2.24) is 0 Å². The number of halogens is 2. The molecule has 1 nitrogen and oxygen atoms in total. The highest BCUT2D eigenvalue weighted by atomic mass is 32.2. The molecular weight excluding hydrogens is 386 g/mol. The Morgan fingerprint density at radius 1 is 0.517 bits per heavy atom. The van der Waals surface area contributed by atoms with E-state index in [-0.39, 0.29) is 17.4 Å². The Morgan fingerprint density at radius 3 is 1.34 bits per heavy atom. The van der Waals surface area contributed by atoms with E-state index < -0.39 is 10.9 Å². The van der Waals surface area contributed by atoms with Crippen LogP contribution in [0.1, 0.15) is 15.9 Å². The molecule has 0 aromatic heterocycles. The van der Waals surface area contributed by atoms with Crippen molar-refractivity contribution in [3.8, 4) is 0 Å². The van der Waals surface area contributed by atoms with Crippen LogP contribution in [0.3, 0.4) is 0 Å². The molecule has 0 atom stereocenters. The molecule has 29 heavy (non-hydrogen) atoms. The van der Waals surface area contributed by atoms with E-state index in [1.807, 2.05) is 30.3 Å². The monoisotopic (exact) mass is 403 g/mol. The summed E-state index contributed by atoms with van der Waals surface area (Å²) in [7, 11) is -0.542. The fourth-order valence-electron chi connectivity index (χ4n) is 3.05. The second-order valence-electron chi connectivity index (χ2n) is 6.43. The summed E-state index contributed by atoms with van der Waals surface area (Å²) in [6, 6.07) is 29.2. The van der Waals surface area contributed by atoms with E-state index in [1.165, 1.54) is 24.3 Å². The second kappa shape index (κ2) is 8.41. The van der Waals surface area contributed by atoms with Crippen molar-refractivity contribution in [2.45, 2.75) is 14.7 Å². The number of benzene rings is 4. The van der Waals surface area contributed by atoms with Gasteiger partial charge in [-0.25, -0.2) is 8.78 Å². The third-order valence-electron chi connectivity index (χ3n) is 4.49. The molecular formula is C25H17F2OS+. The van der Waals surface area contributed by atoms with E-state index in [9.17, 15) is 13.6 Å². The standard InChI is InChI=1S/C25H17F2OS/c26-20-8-14-23(15-9-20)29(24-16-10-21(27)11-17-24)22-12-6-19(7-13-22)25(28)18-4-2-1-3-5-18/h1-17H/q+1. The van der Waals surface area contributed by atoms with Crippen LogP contribution >= 0.6 is 0 Å². The van der Waals surface area contributed by atoms with Gasteiger partial charge in [0.1, 0.15) is 11.6 Å². The van der Waals surface area contributed by atoms with E-state index in [0.29, 0.717) is 11.1 Å². The molecule has 0 fully saturated rings. The molecule has 0 unspecified atom stereocenters. The number of hydrogen-bond donors (Lipinski definition) is 0. The van der Waals surface area contributed by atoms with Gasteiger partial charge >= 0.3 is 0 Å². The molecule has 142 valence electrons. The van der Waals surface area contributed by atoms with Crippen molar-refractivity contribution >= 4 is 16.7 Å². The van der Waals surface area contributed by atoms with Gasteiger partial charge in [0.15, 0.2) is 20.5 Å². The summed E-state index contributed by atoms with van der Waals surface area (Å²) in [5.74, 6) is -0.652. The molecule has 0 spiro atoms. The molecule has 4 heteroatoms. The van der Waals surface area contributed by atoms with Crippen LogP contribution in [0.4, 0.5) is 8.78 Å². The fourth-order valence-corrected chi connectivity index (χ4v) is 5.09. The summed E-state index contributed by atoms with van der Waals surface area (Å²) < 4.78 is 26.9. The van der Waals surface area contributed by atoms with Crippen molar-refractivity contribution in [2.75, 3.05) is 0 Å². The third kappa shape index (κ3) is 4.28. The quantitative estimate of drug-likeness (QED) is 0.283. The average molecular weight is 403 g/mol.